The maximum atomic E-state index is 12.1. The van der Waals surface area contributed by atoms with E-state index in [-0.39, 0.29) is 5.91 Å². The van der Waals surface area contributed by atoms with Gasteiger partial charge >= 0.3 is 0 Å². The normalized spacial score (nSPS) is 11.1. The molecule has 0 spiro atoms. The Balaban J connectivity index is 1.72. The number of furan rings is 1. The summed E-state index contributed by atoms with van der Waals surface area (Å²) >= 11 is 12.1. The Kier molecular flexibility index (Phi) is 5.50. The lowest BCUT2D eigenvalue weighted by Gasteiger charge is -2.08. The fourth-order valence-electron chi connectivity index (χ4n) is 2.50. The average Bonchev–Trinajstić information content (AvgIpc) is 3.06. The molecular weight excluding hydrogens is 369 g/mol. The van der Waals surface area contributed by atoms with Crippen molar-refractivity contribution in [2.24, 2.45) is 0 Å². The summed E-state index contributed by atoms with van der Waals surface area (Å²) in [4.78, 5) is 12.1. The second-order valence-corrected chi connectivity index (χ2v) is 6.74. The lowest BCUT2D eigenvalue weighted by molar-refractivity contribution is -0.111. The number of nitrogens with one attached hydrogen (secondary N) is 1. The van der Waals surface area contributed by atoms with Gasteiger partial charge in [0.2, 0.25) is 5.91 Å². The second kappa shape index (κ2) is 7.81. The molecule has 3 rings (SSSR count). The predicted molar refractivity (Wildman–Crippen MR) is 108 cm³/mol. The van der Waals surface area contributed by atoms with Crippen molar-refractivity contribution in [3.8, 4) is 11.3 Å². The molecule has 132 valence electrons. The van der Waals surface area contributed by atoms with Gasteiger partial charge in [-0.3, -0.25) is 4.79 Å². The van der Waals surface area contributed by atoms with Crippen LogP contribution in [0.25, 0.3) is 17.4 Å². The molecule has 0 saturated heterocycles. The molecule has 1 amide bonds. The zero-order valence-electron chi connectivity index (χ0n) is 14.3. The number of hydrogen-bond donors (Lipinski definition) is 1. The monoisotopic (exact) mass is 385 g/mol. The van der Waals surface area contributed by atoms with Gasteiger partial charge in [0.25, 0.3) is 0 Å². The third-order valence-electron chi connectivity index (χ3n) is 4.08. The first-order chi connectivity index (χ1) is 12.4. The van der Waals surface area contributed by atoms with Crippen LogP contribution in [0.2, 0.25) is 10.0 Å². The summed E-state index contributed by atoms with van der Waals surface area (Å²) in [5.41, 5.74) is 3.72. The fourth-order valence-corrected chi connectivity index (χ4v) is 3.00. The minimum absolute atomic E-state index is 0.221. The first-order valence-electron chi connectivity index (χ1n) is 8.04. The van der Waals surface area contributed by atoms with Crippen molar-refractivity contribution in [3.63, 3.8) is 0 Å². The van der Waals surface area contributed by atoms with Gasteiger partial charge in [0.05, 0.1) is 5.02 Å². The fraction of sp³-hybridized carbons (Fsp3) is 0.0952. The zero-order valence-corrected chi connectivity index (χ0v) is 15.9. The SMILES string of the molecule is Cc1cccc(NC(=O)/C=C/c2ccc(-c3ccc(Cl)cc3Cl)o2)c1C. The average molecular weight is 386 g/mol. The van der Waals surface area contributed by atoms with Crippen LogP contribution >= 0.6 is 23.2 Å². The summed E-state index contributed by atoms with van der Waals surface area (Å²) in [7, 11) is 0. The van der Waals surface area contributed by atoms with Crippen LogP contribution in [-0.4, -0.2) is 5.91 Å². The minimum atomic E-state index is -0.221. The highest BCUT2D eigenvalue weighted by Crippen LogP contribution is 2.31. The molecular formula is C21H17Cl2NO2. The van der Waals surface area contributed by atoms with Crippen molar-refractivity contribution in [2.75, 3.05) is 5.32 Å². The van der Waals surface area contributed by atoms with Gasteiger partial charge < -0.3 is 9.73 Å². The van der Waals surface area contributed by atoms with Crippen LogP contribution in [0.3, 0.4) is 0 Å². The Labute approximate surface area is 162 Å². The van der Waals surface area contributed by atoms with Crippen LogP contribution < -0.4 is 5.32 Å². The molecule has 5 heteroatoms. The highest BCUT2D eigenvalue weighted by Gasteiger charge is 2.09. The third kappa shape index (κ3) is 4.18. The Bertz CT molecular complexity index is 989. The molecule has 2 aromatic carbocycles. The molecule has 1 N–H and O–H groups in total. The van der Waals surface area contributed by atoms with E-state index < -0.39 is 0 Å². The molecule has 0 aliphatic carbocycles. The van der Waals surface area contributed by atoms with E-state index in [4.69, 9.17) is 27.6 Å². The van der Waals surface area contributed by atoms with Gasteiger partial charge in [0, 0.05) is 22.3 Å². The molecule has 0 aliphatic rings. The quantitative estimate of drug-likeness (QED) is 0.519. The van der Waals surface area contributed by atoms with Crippen LogP contribution in [0, 0.1) is 13.8 Å². The number of rotatable bonds is 4. The molecule has 0 bridgehead atoms. The van der Waals surface area contributed by atoms with Gasteiger partial charge in [0.1, 0.15) is 11.5 Å². The van der Waals surface area contributed by atoms with E-state index in [1.54, 1.807) is 36.4 Å². The van der Waals surface area contributed by atoms with Crippen LogP contribution in [0.15, 0.2) is 59.0 Å². The summed E-state index contributed by atoms with van der Waals surface area (Å²) in [6, 6.07) is 14.6. The first-order valence-corrected chi connectivity index (χ1v) is 8.80. The van der Waals surface area contributed by atoms with Crippen LogP contribution in [0.1, 0.15) is 16.9 Å². The van der Waals surface area contributed by atoms with Gasteiger partial charge in [-0.15, -0.1) is 0 Å². The lowest BCUT2D eigenvalue weighted by atomic mass is 10.1. The molecule has 0 fully saturated rings. The molecule has 0 aliphatic heterocycles. The van der Waals surface area contributed by atoms with Crippen LogP contribution in [0.5, 0.6) is 0 Å². The molecule has 0 radical (unpaired) electrons. The van der Waals surface area contributed by atoms with E-state index in [9.17, 15) is 4.79 Å². The largest absolute Gasteiger partial charge is 0.457 e. The topological polar surface area (TPSA) is 42.2 Å². The van der Waals surface area contributed by atoms with Crippen molar-refractivity contribution in [1.29, 1.82) is 0 Å². The van der Waals surface area contributed by atoms with E-state index >= 15 is 0 Å². The van der Waals surface area contributed by atoms with Gasteiger partial charge in [0.15, 0.2) is 0 Å². The number of aryl methyl sites for hydroxylation is 1. The zero-order chi connectivity index (χ0) is 18.7. The standard InChI is InChI=1S/C21H17Cl2NO2/c1-13-4-3-5-19(14(13)2)24-21(25)11-8-16-7-10-20(26-16)17-9-6-15(22)12-18(17)23/h3-12H,1-2H3,(H,24,25)/b11-8+. The highest BCUT2D eigenvalue weighted by molar-refractivity contribution is 6.36. The molecule has 0 unspecified atom stereocenters. The predicted octanol–water partition coefficient (Wildman–Crippen LogP) is 6.52. The van der Waals surface area contributed by atoms with Crippen molar-refractivity contribution < 1.29 is 9.21 Å². The number of carbonyl (C=O) groups excluding carboxylic acids is 1. The molecule has 3 aromatic rings. The Morgan fingerprint density at radius 3 is 2.65 bits per heavy atom. The summed E-state index contributed by atoms with van der Waals surface area (Å²) in [6.07, 6.45) is 3.06. The molecule has 0 atom stereocenters. The highest BCUT2D eigenvalue weighted by atomic mass is 35.5. The first kappa shape index (κ1) is 18.3. The van der Waals surface area contributed by atoms with Gasteiger partial charge in [-0.25, -0.2) is 0 Å². The van der Waals surface area contributed by atoms with E-state index in [0.717, 1.165) is 22.4 Å². The molecule has 26 heavy (non-hydrogen) atoms. The summed E-state index contributed by atoms with van der Waals surface area (Å²) < 4.78 is 5.74. The summed E-state index contributed by atoms with van der Waals surface area (Å²) in [5, 5.41) is 3.94. The molecule has 1 aromatic heterocycles. The Morgan fingerprint density at radius 2 is 1.88 bits per heavy atom. The lowest BCUT2D eigenvalue weighted by Crippen LogP contribution is -2.09. The van der Waals surface area contributed by atoms with Gasteiger partial charge in [-0.05, 0) is 67.4 Å². The van der Waals surface area contributed by atoms with Gasteiger partial charge in [-0.2, -0.15) is 0 Å². The van der Waals surface area contributed by atoms with Crippen LogP contribution in [0.4, 0.5) is 5.69 Å². The smallest absolute Gasteiger partial charge is 0.248 e. The van der Waals surface area contributed by atoms with E-state index in [0.29, 0.717) is 21.6 Å². The number of amides is 1. The van der Waals surface area contributed by atoms with Crippen molar-refractivity contribution in [3.05, 3.63) is 81.5 Å². The number of halogens is 2. The molecule has 3 nitrogen and oxygen atoms in total. The molecule has 0 saturated carbocycles. The number of hydrogen-bond acceptors (Lipinski definition) is 2. The van der Waals surface area contributed by atoms with E-state index in [1.807, 2.05) is 32.0 Å². The third-order valence-corrected chi connectivity index (χ3v) is 4.63. The van der Waals surface area contributed by atoms with Crippen molar-refractivity contribution >= 4 is 40.9 Å². The van der Waals surface area contributed by atoms with Crippen LogP contribution in [-0.2, 0) is 4.79 Å². The minimum Gasteiger partial charge on any atom is -0.457 e. The summed E-state index contributed by atoms with van der Waals surface area (Å²) in [5.74, 6) is 0.949. The maximum absolute atomic E-state index is 12.1. The maximum Gasteiger partial charge on any atom is 0.248 e. The van der Waals surface area contributed by atoms with E-state index in [2.05, 4.69) is 5.32 Å². The summed E-state index contributed by atoms with van der Waals surface area (Å²) in [6.45, 7) is 3.98. The number of anilines is 1. The van der Waals surface area contributed by atoms with Crippen molar-refractivity contribution in [1.82, 2.24) is 0 Å². The van der Waals surface area contributed by atoms with Crippen molar-refractivity contribution in [2.45, 2.75) is 13.8 Å². The number of carbonyl (C=O) groups is 1. The second-order valence-electron chi connectivity index (χ2n) is 5.90. The van der Waals surface area contributed by atoms with Gasteiger partial charge in [-0.1, -0.05) is 35.3 Å². The Morgan fingerprint density at radius 1 is 1.08 bits per heavy atom. The Hall–Kier alpha value is -2.49. The van der Waals surface area contributed by atoms with E-state index in [1.165, 1.54) is 6.08 Å². The number of benzene rings is 2. The molecule has 1 heterocycles.